The highest BCUT2D eigenvalue weighted by atomic mass is 16.5. The van der Waals surface area contributed by atoms with E-state index in [-0.39, 0.29) is 5.91 Å². The Kier molecular flexibility index (Phi) is 6.02. The third-order valence-corrected chi connectivity index (χ3v) is 4.57. The molecule has 0 N–H and O–H groups in total. The summed E-state index contributed by atoms with van der Waals surface area (Å²) in [6, 6.07) is 20.6. The number of rotatable bonds is 7. The van der Waals surface area contributed by atoms with Gasteiger partial charge < -0.3 is 9.64 Å². The van der Waals surface area contributed by atoms with Gasteiger partial charge in [-0.3, -0.25) is 4.79 Å². The molecule has 1 fully saturated rings. The lowest BCUT2D eigenvalue weighted by Crippen LogP contribution is -2.33. The Morgan fingerprint density at radius 2 is 1.67 bits per heavy atom. The highest BCUT2D eigenvalue weighted by Crippen LogP contribution is 2.19. The van der Waals surface area contributed by atoms with Crippen LogP contribution in [0.5, 0.6) is 0 Å². The Morgan fingerprint density at radius 3 is 2.29 bits per heavy atom. The zero-order valence-electron chi connectivity index (χ0n) is 14.1. The summed E-state index contributed by atoms with van der Waals surface area (Å²) < 4.78 is 5.41. The average Bonchev–Trinajstić information content (AvgIpc) is 3.13. The van der Waals surface area contributed by atoms with E-state index in [2.05, 4.69) is 36.4 Å². The van der Waals surface area contributed by atoms with Crippen LogP contribution in [0.3, 0.4) is 0 Å². The second kappa shape index (κ2) is 8.65. The van der Waals surface area contributed by atoms with Gasteiger partial charge in [-0.2, -0.15) is 0 Å². The fraction of sp³-hybridized carbons (Fsp3) is 0.381. The summed E-state index contributed by atoms with van der Waals surface area (Å²) in [6.07, 6.45) is 2.49. The molecule has 0 unspecified atom stereocenters. The van der Waals surface area contributed by atoms with E-state index in [1.807, 2.05) is 29.2 Å². The average molecular weight is 323 g/mol. The predicted molar refractivity (Wildman–Crippen MR) is 95.5 cm³/mol. The first-order valence-corrected chi connectivity index (χ1v) is 8.74. The molecule has 0 bridgehead atoms. The molecule has 3 nitrogen and oxygen atoms in total. The summed E-state index contributed by atoms with van der Waals surface area (Å²) in [7, 11) is 0. The van der Waals surface area contributed by atoms with Gasteiger partial charge in [-0.25, -0.2) is 0 Å². The van der Waals surface area contributed by atoms with Gasteiger partial charge in [0.15, 0.2) is 0 Å². The van der Waals surface area contributed by atoms with Crippen LogP contribution in [0.2, 0.25) is 0 Å². The van der Waals surface area contributed by atoms with Gasteiger partial charge in [0, 0.05) is 32.7 Å². The Labute approximate surface area is 144 Å². The molecular weight excluding hydrogens is 298 g/mol. The minimum absolute atomic E-state index is 0.241. The largest absolute Gasteiger partial charge is 0.381 e. The van der Waals surface area contributed by atoms with E-state index in [0.717, 1.165) is 32.6 Å². The van der Waals surface area contributed by atoms with Crippen LogP contribution >= 0.6 is 0 Å². The van der Waals surface area contributed by atoms with Crippen molar-refractivity contribution in [3.05, 3.63) is 71.8 Å². The van der Waals surface area contributed by atoms with Crippen molar-refractivity contribution in [1.29, 1.82) is 0 Å². The molecule has 2 aromatic rings. The van der Waals surface area contributed by atoms with Crippen LogP contribution in [0, 0.1) is 5.92 Å². The minimum atomic E-state index is 0.241. The molecule has 2 aromatic carbocycles. The number of nitrogens with zero attached hydrogens (tertiary/aromatic N) is 1. The molecule has 1 aliphatic heterocycles. The summed E-state index contributed by atoms with van der Waals surface area (Å²) in [5.41, 5.74) is 2.45. The highest BCUT2D eigenvalue weighted by molar-refractivity contribution is 5.76. The standard InChI is InChI=1S/C21H25NO2/c23-21(15-20-12-14-24-17-20)22(16-19-9-5-2-6-10-19)13-11-18-7-3-1-4-8-18/h1-10,20H,11-17H2/t20-/m0/s1. The van der Waals surface area contributed by atoms with Gasteiger partial charge in [0.1, 0.15) is 0 Å². The van der Waals surface area contributed by atoms with Crippen LogP contribution in [-0.2, 0) is 22.5 Å². The van der Waals surface area contributed by atoms with Crippen LogP contribution in [0.15, 0.2) is 60.7 Å². The number of benzene rings is 2. The third-order valence-electron chi connectivity index (χ3n) is 4.57. The summed E-state index contributed by atoms with van der Waals surface area (Å²) in [6.45, 7) is 2.95. The van der Waals surface area contributed by atoms with E-state index in [1.165, 1.54) is 11.1 Å². The lowest BCUT2D eigenvalue weighted by Gasteiger charge is -2.24. The van der Waals surface area contributed by atoms with E-state index in [1.54, 1.807) is 0 Å². The van der Waals surface area contributed by atoms with Crippen LogP contribution in [0.4, 0.5) is 0 Å². The van der Waals surface area contributed by atoms with E-state index >= 15 is 0 Å². The Balaban J connectivity index is 1.63. The minimum Gasteiger partial charge on any atom is -0.381 e. The SMILES string of the molecule is O=C(C[C@@H]1CCOC1)N(CCc1ccccc1)Cc1ccccc1. The second-order valence-corrected chi connectivity index (χ2v) is 6.47. The Hall–Kier alpha value is -2.13. The molecule has 1 amide bonds. The first-order chi connectivity index (χ1) is 11.8. The molecule has 24 heavy (non-hydrogen) atoms. The fourth-order valence-electron chi connectivity index (χ4n) is 3.12. The lowest BCUT2D eigenvalue weighted by atomic mass is 10.0. The van der Waals surface area contributed by atoms with Crippen LogP contribution < -0.4 is 0 Å². The zero-order valence-corrected chi connectivity index (χ0v) is 14.1. The zero-order chi connectivity index (χ0) is 16.6. The van der Waals surface area contributed by atoms with Gasteiger partial charge in [0.25, 0.3) is 0 Å². The number of ether oxygens (including phenoxy) is 1. The summed E-state index contributed by atoms with van der Waals surface area (Å²) in [4.78, 5) is 14.8. The van der Waals surface area contributed by atoms with Crippen molar-refractivity contribution in [3.63, 3.8) is 0 Å². The third kappa shape index (κ3) is 4.93. The monoisotopic (exact) mass is 323 g/mol. The molecule has 1 saturated heterocycles. The van der Waals surface area contributed by atoms with Gasteiger partial charge in [-0.1, -0.05) is 60.7 Å². The van der Waals surface area contributed by atoms with E-state index < -0.39 is 0 Å². The molecule has 1 aliphatic rings. The Morgan fingerprint density at radius 1 is 1.00 bits per heavy atom. The first kappa shape index (κ1) is 16.7. The molecule has 126 valence electrons. The van der Waals surface area contributed by atoms with E-state index in [0.29, 0.717) is 18.9 Å². The van der Waals surface area contributed by atoms with Crippen LogP contribution in [-0.4, -0.2) is 30.6 Å². The molecule has 3 heteroatoms. The van der Waals surface area contributed by atoms with Crippen molar-refractivity contribution >= 4 is 5.91 Å². The molecule has 0 spiro atoms. The quantitative estimate of drug-likeness (QED) is 0.778. The second-order valence-electron chi connectivity index (χ2n) is 6.47. The number of amides is 1. The van der Waals surface area contributed by atoms with Gasteiger partial charge in [-0.15, -0.1) is 0 Å². The van der Waals surface area contributed by atoms with E-state index in [4.69, 9.17) is 4.74 Å². The maximum absolute atomic E-state index is 12.8. The summed E-state index contributed by atoms with van der Waals surface area (Å²) in [5, 5.41) is 0. The van der Waals surface area contributed by atoms with Crippen molar-refractivity contribution in [2.75, 3.05) is 19.8 Å². The van der Waals surface area contributed by atoms with Crippen molar-refractivity contribution in [1.82, 2.24) is 4.90 Å². The molecule has 1 atom stereocenters. The molecule has 0 radical (unpaired) electrons. The smallest absolute Gasteiger partial charge is 0.223 e. The number of hydrogen-bond donors (Lipinski definition) is 0. The van der Waals surface area contributed by atoms with Gasteiger partial charge in [0.2, 0.25) is 5.91 Å². The highest BCUT2D eigenvalue weighted by Gasteiger charge is 2.22. The summed E-state index contributed by atoms with van der Waals surface area (Å²) >= 11 is 0. The molecule has 0 aromatic heterocycles. The molecule has 3 rings (SSSR count). The normalized spacial score (nSPS) is 16.9. The predicted octanol–water partition coefficient (Wildman–Crippen LogP) is 3.68. The van der Waals surface area contributed by atoms with Crippen molar-refractivity contribution in [2.45, 2.75) is 25.8 Å². The van der Waals surface area contributed by atoms with Crippen LogP contribution in [0.1, 0.15) is 24.0 Å². The first-order valence-electron chi connectivity index (χ1n) is 8.74. The fourth-order valence-corrected chi connectivity index (χ4v) is 3.12. The van der Waals surface area contributed by atoms with Crippen molar-refractivity contribution in [3.8, 4) is 0 Å². The van der Waals surface area contributed by atoms with Crippen molar-refractivity contribution in [2.24, 2.45) is 5.92 Å². The molecule has 0 saturated carbocycles. The van der Waals surface area contributed by atoms with Gasteiger partial charge in [-0.05, 0) is 29.9 Å². The molecule has 0 aliphatic carbocycles. The van der Waals surface area contributed by atoms with Crippen LogP contribution in [0.25, 0.3) is 0 Å². The Bertz CT molecular complexity index is 621. The number of carbonyl (C=O) groups excluding carboxylic acids is 1. The van der Waals surface area contributed by atoms with Gasteiger partial charge >= 0.3 is 0 Å². The number of hydrogen-bond acceptors (Lipinski definition) is 2. The molecule has 1 heterocycles. The summed E-state index contributed by atoms with van der Waals surface area (Å²) in [5.74, 6) is 0.623. The van der Waals surface area contributed by atoms with Crippen molar-refractivity contribution < 1.29 is 9.53 Å². The van der Waals surface area contributed by atoms with Gasteiger partial charge in [0.05, 0.1) is 0 Å². The van der Waals surface area contributed by atoms with E-state index in [9.17, 15) is 4.79 Å². The molecular formula is C21H25NO2. The maximum atomic E-state index is 12.8. The lowest BCUT2D eigenvalue weighted by molar-refractivity contribution is -0.132. The maximum Gasteiger partial charge on any atom is 0.223 e. The topological polar surface area (TPSA) is 29.5 Å². The number of carbonyl (C=O) groups is 1.